The average molecular weight is 219 g/mol. The summed E-state index contributed by atoms with van der Waals surface area (Å²) in [5.41, 5.74) is 2.64. The Morgan fingerprint density at radius 1 is 1.56 bits per heavy atom. The Labute approximate surface area is 97.7 Å². The lowest BCUT2D eigenvalue weighted by atomic mass is 9.95. The van der Waals surface area contributed by atoms with E-state index in [4.69, 9.17) is 0 Å². The topological polar surface area (TPSA) is 37.0 Å². The summed E-state index contributed by atoms with van der Waals surface area (Å²) in [7, 11) is 0. The molecule has 1 aromatic rings. The summed E-state index contributed by atoms with van der Waals surface area (Å²) in [4.78, 5) is 4.18. The van der Waals surface area contributed by atoms with Crippen molar-refractivity contribution in [1.29, 1.82) is 0 Å². The largest absolute Gasteiger partial charge is 0.316 e. The number of rotatable bonds is 3. The summed E-state index contributed by atoms with van der Waals surface area (Å²) in [6.45, 7) is 7.65. The second-order valence-corrected chi connectivity index (χ2v) is 4.76. The van der Waals surface area contributed by atoms with Crippen LogP contribution in [0.25, 0.3) is 0 Å². The van der Waals surface area contributed by atoms with Crippen molar-refractivity contribution in [2.45, 2.75) is 32.9 Å². The molecule has 0 spiro atoms. The molecule has 2 unspecified atom stereocenters. The van der Waals surface area contributed by atoms with Crippen LogP contribution in [0.15, 0.2) is 18.5 Å². The van der Waals surface area contributed by atoms with Crippen LogP contribution in [0.3, 0.4) is 0 Å². The van der Waals surface area contributed by atoms with Crippen LogP contribution in [0.2, 0.25) is 0 Å². The van der Waals surface area contributed by atoms with Crippen LogP contribution in [0.4, 0.5) is 0 Å². The number of piperidine rings is 1. The van der Waals surface area contributed by atoms with Gasteiger partial charge in [-0.15, -0.1) is 0 Å². The van der Waals surface area contributed by atoms with Gasteiger partial charge in [0, 0.05) is 25.0 Å². The van der Waals surface area contributed by atoms with Crippen LogP contribution in [0, 0.1) is 12.8 Å². The van der Waals surface area contributed by atoms with E-state index in [2.05, 4.69) is 35.5 Å². The smallest absolute Gasteiger partial charge is 0.0315 e. The fourth-order valence-electron chi connectivity index (χ4n) is 2.24. The van der Waals surface area contributed by atoms with Gasteiger partial charge in [-0.1, -0.05) is 6.92 Å². The number of hydrogen-bond donors (Lipinski definition) is 2. The molecule has 88 valence electrons. The molecule has 0 saturated carbocycles. The van der Waals surface area contributed by atoms with Gasteiger partial charge >= 0.3 is 0 Å². The zero-order valence-electron chi connectivity index (χ0n) is 10.2. The fourth-order valence-corrected chi connectivity index (χ4v) is 2.24. The molecule has 0 bridgehead atoms. The van der Waals surface area contributed by atoms with Crippen LogP contribution in [-0.2, 0) is 6.54 Å². The van der Waals surface area contributed by atoms with Crippen LogP contribution in [0.1, 0.15) is 24.5 Å². The van der Waals surface area contributed by atoms with Crippen molar-refractivity contribution in [3.05, 3.63) is 29.6 Å². The van der Waals surface area contributed by atoms with Gasteiger partial charge in [0.2, 0.25) is 0 Å². The van der Waals surface area contributed by atoms with Crippen LogP contribution in [0.5, 0.6) is 0 Å². The van der Waals surface area contributed by atoms with Gasteiger partial charge in [0.1, 0.15) is 0 Å². The Morgan fingerprint density at radius 2 is 2.44 bits per heavy atom. The number of hydrogen-bond acceptors (Lipinski definition) is 3. The van der Waals surface area contributed by atoms with Crippen molar-refractivity contribution in [2.24, 2.45) is 5.92 Å². The zero-order chi connectivity index (χ0) is 11.4. The van der Waals surface area contributed by atoms with Gasteiger partial charge in [-0.05, 0) is 49.5 Å². The van der Waals surface area contributed by atoms with Gasteiger partial charge in [-0.3, -0.25) is 4.98 Å². The molecule has 0 aromatic carbocycles. The van der Waals surface area contributed by atoms with Crippen molar-refractivity contribution < 1.29 is 0 Å². The van der Waals surface area contributed by atoms with E-state index < -0.39 is 0 Å². The lowest BCUT2D eigenvalue weighted by Gasteiger charge is -2.30. The first-order valence-electron chi connectivity index (χ1n) is 6.11. The van der Waals surface area contributed by atoms with Crippen LogP contribution in [-0.4, -0.2) is 24.1 Å². The number of nitrogens with zero attached hydrogens (tertiary/aromatic N) is 1. The SMILES string of the molecule is Cc1ccncc1CNC1CCNCC1C. The highest BCUT2D eigenvalue weighted by Gasteiger charge is 2.20. The van der Waals surface area contributed by atoms with Crippen molar-refractivity contribution in [2.75, 3.05) is 13.1 Å². The summed E-state index contributed by atoms with van der Waals surface area (Å²) in [5, 5.41) is 7.07. The standard InChI is InChI=1S/C13H21N3/c1-10-3-5-15-8-12(10)9-16-13-4-6-14-7-11(13)2/h3,5,8,11,13-14,16H,4,6-7,9H2,1-2H3. The Balaban J connectivity index is 1.89. The van der Waals surface area contributed by atoms with Crippen LogP contribution < -0.4 is 10.6 Å². The molecule has 16 heavy (non-hydrogen) atoms. The Hall–Kier alpha value is -0.930. The molecule has 1 aliphatic rings. The molecule has 2 rings (SSSR count). The van der Waals surface area contributed by atoms with Gasteiger partial charge in [0.05, 0.1) is 0 Å². The second kappa shape index (κ2) is 5.41. The molecule has 0 aliphatic carbocycles. The maximum atomic E-state index is 4.18. The van der Waals surface area contributed by atoms with E-state index in [0.717, 1.165) is 19.6 Å². The molecule has 2 atom stereocenters. The molecular weight excluding hydrogens is 198 g/mol. The highest BCUT2D eigenvalue weighted by Crippen LogP contribution is 2.12. The first kappa shape index (κ1) is 11.6. The van der Waals surface area contributed by atoms with Crippen molar-refractivity contribution >= 4 is 0 Å². The molecule has 3 nitrogen and oxygen atoms in total. The van der Waals surface area contributed by atoms with Crippen molar-refractivity contribution in [3.63, 3.8) is 0 Å². The number of pyridine rings is 1. The Morgan fingerprint density at radius 3 is 3.19 bits per heavy atom. The van der Waals surface area contributed by atoms with E-state index in [9.17, 15) is 0 Å². The molecule has 2 heterocycles. The van der Waals surface area contributed by atoms with E-state index in [1.165, 1.54) is 17.5 Å². The highest BCUT2D eigenvalue weighted by atomic mass is 15.0. The predicted octanol–water partition coefficient (Wildman–Crippen LogP) is 1.48. The van der Waals surface area contributed by atoms with E-state index in [1.54, 1.807) is 0 Å². The maximum absolute atomic E-state index is 4.18. The molecule has 1 fully saturated rings. The second-order valence-electron chi connectivity index (χ2n) is 4.76. The minimum Gasteiger partial charge on any atom is -0.316 e. The molecule has 2 N–H and O–H groups in total. The van der Waals surface area contributed by atoms with Crippen molar-refractivity contribution in [3.8, 4) is 0 Å². The molecule has 1 aliphatic heterocycles. The zero-order valence-corrected chi connectivity index (χ0v) is 10.2. The monoisotopic (exact) mass is 219 g/mol. The van der Waals surface area contributed by atoms with Crippen LogP contribution >= 0.6 is 0 Å². The molecule has 1 aromatic heterocycles. The molecule has 0 amide bonds. The average Bonchev–Trinajstić information content (AvgIpc) is 2.30. The minimum absolute atomic E-state index is 0.640. The summed E-state index contributed by atoms with van der Waals surface area (Å²) in [5.74, 6) is 0.714. The lowest BCUT2D eigenvalue weighted by molar-refractivity contribution is 0.295. The number of nitrogens with one attached hydrogen (secondary N) is 2. The highest BCUT2D eigenvalue weighted by molar-refractivity contribution is 5.21. The third-order valence-electron chi connectivity index (χ3n) is 3.49. The Kier molecular flexibility index (Phi) is 3.91. The summed E-state index contributed by atoms with van der Waals surface area (Å²) in [6, 6.07) is 2.71. The fraction of sp³-hybridized carbons (Fsp3) is 0.615. The minimum atomic E-state index is 0.640. The van der Waals surface area contributed by atoms with E-state index in [-0.39, 0.29) is 0 Å². The molecule has 3 heteroatoms. The summed E-state index contributed by atoms with van der Waals surface area (Å²) in [6.07, 6.45) is 5.04. The van der Waals surface area contributed by atoms with Crippen molar-refractivity contribution in [1.82, 2.24) is 15.6 Å². The van der Waals surface area contributed by atoms with Gasteiger partial charge in [-0.2, -0.15) is 0 Å². The third kappa shape index (κ3) is 2.80. The first-order chi connectivity index (χ1) is 7.77. The molecule has 1 saturated heterocycles. The predicted molar refractivity (Wildman–Crippen MR) is 66.3 cm³/mol. The summed E-state index contributed by atoms with van der Waals surface area (Å²) < 4.78 is 0. The molecule has 0 radical (unpaired) electrons. The maximum Gasteiger partial charge on any atom is 0.0315 e. The van der Waals surface area contributed by atoms with E-state index in [0.29, 0.717) is 12.0 Å². The quantitative estimate of drug-likeness (QED) is 0.808. The Bertz CT molecular complexity index is 338. The third-order valence-corrected chi connectivity index (χ3v) is 3.49. The lowest BCUT2D eigenvalue weighted by Crippen LogP contribution is -2.46. The van der Waals surface area contributed by atoms with E-state index in [1.807, 2.05) is 12.4 Å². The van der Waals surface area contributed by atoms with E-state index >= 15 is 0 Å². The van der Waals surface area contributed by atoms with Gasteiger partial charge in [0.25, 0.3) is 0 Å². The normalized spacial score (nSPS) is 25.6. The van der Waals surface area contributed by atoms with Gasteiger partial charge in [-0.25, -0.2) is 0 Å². The van der Waals surface area contributed by atoms with Gasteiger partial charge in [0.15, 0.2) is 0 Å². The van der Waals surface area contributed by atoms with Gasteiger partial charge < -0.3 is 10.6 Å². The first-order valence-corrected chi connectivity index (χ1v) is 6.11. The number of aromatic nitrogens is 1. The number of aryl methyl sites for hydroxylation is 1. The summed E-state index contributed by atoms with van der Waals surface area (Å²) >= 11 is 0. The molecular formula is C13H21N3.